The largest absolute Gasteiger partial charge is 0.365 e. The average molecular weight is 420 g/mol. The first kappa shape index (κ1) is 17.6. The van der Waals surface area contributed by atoms with Crippen LogP contribution in [-0.2, 0) is 21.4 Å². The molecule has 0 amide bonds. The summed E-state index contributed by atoms with van der Waals surface area (Å²) in [6.07, 6.45) is 1.52. The third kappa shape index (κ3) is 3.13. The van der Waals surface area contributed by atoms with Gasteiger partial charge >= 0.3 is 0 Å². The molecule has 6 fully saturated rings. The highest BCUT2D eigenvalue weighted by Gasteiger charge is 2.50. The Morgan fingerprint density at radius 3 is 1.46 bits per heavy atom. The van der Waals surface area contributed by atoms with Crippen LogP contribution in [0.2, 0.25) is 0 Å². The van der Waals surface area contributed by atoms with E-state index >= 15 is 0 Å². The van der Waals surface area contributed by atoms with Gasteiger partial charge in [-0.15, -0.1) is 0 Å². The summed E-state index contributed by atoms with van der Waals surface area (Å²) in [5.41, 5.74) is 1.89. The van der Waals surface area contributed by atoms with Crippen LogP contribution < -0.4 is 0 Å². The van der Waals surface area contributed by atoms with Crippen LogP contribution in [-0.4, -0.2) is 119 Å². The maximum atomic E-state index is 12.4. The summed E-state index contributed by atoms with van der Waals surface area (Å²) in [4.78, 5) is 30.5. The monoisotopic (exact) mass is 420 g/mol. The number of hydrogen-bond acceptors (Lipinski definition) is 6. The molecule has 150 valence electrons. The van der Waals surface area contributed by atoms with E-state index in [0.29, 0.717) is 17.1 Å². The molecule has 8 nitrogen and oxygen atoms in total. The fraction of sp³-hybridized carbons (Fsp3) is 0.667. The Kier molecular flexibility index (Phi) is 3.85. The van der Waals surface area contributed by atoms with E-state index in [-0.39, 0.29) is 11.6 Å². The Morgan fingerprint density at radius 2 is 1.07 bits per heavy atom. The van der Waals surface area contributed by atoms with Crippen LogP contribution in [0, 0.1) is 0 Å². The van der Waals surface area contributed by atoms with Gasteiger partial charge in [-0.3, -0.25) is 9.59 Å². The first-order valence-electron chi connectivity index (χ1n) is 10.2. The topological polar surface area (TPSA) is 52.2 Å². The lowest BCUT2D eigenvalue weighted by molar-refractivity contribution is -0.117. The molecule has 0 spiro atoms. The fourth-order valence-corrected chi connectivity index (χ4v) is 8.10. The maximum Gasteiger partial charge on any atom is 0.227 e. The molecular weight excluding hydrogens is 395 g/mol. The molecule has 0 saturated carbocycles. The summed E-state index contributed by atoms with van der Waals surface area (Å²) in [7, 11) is 0. The molecule has 6 aliphatic heterocycles. The van der Waals surface area contributed by atoms with Crippen LogP contribution in [0.5, 0.6) is 0 Å². The lowest BCUT2D eigenvalue weighted by Crippen LogP contribution is -2.29. The average Bonchev–Trinajstić information content (AvgIpc) is 3.49. The van der Waals surface area contributed by atoms with Crippen molar-refractivity contribution in [1.82, 2.24) is 28.7 Å². The molecule has 7 rings (SSSR count). The molecule has 7 aliphatic rings. The Hall–Kier alpha value is -1.25. The second-order valence-corrected chi connectivity index (χ2v) is 12.4. The van der Waals surface area contributed by atoms with E-state index in [9.17, 15) is 9.59 Å². The molecule has 0 radical (unpaired) electrons. The number of Topliss-reactive ketones (excluding diaryl/α,β-unsaturated/α-hetero) is 1. The normalized spacial score (nSPS) is 28.9. The van der Waals surface area contributed by atoms with E-state index in [1.807, 2.05) is 14.7 Å². The minimum atomic E-state index is -1.27. The quantitative estimate of drug-likeness (QED) is 0.317. The number of nitrogens with zero attached hydrogens (tertiary/aromatic N) is 6. The molecule has 0 bridgehead atoms. The van der Waals surface area contributed by atoms with Crippen LogP contribution in [0.15, 0.2) is 23.2 Å². The Labute approximate surface area is 170 Å². The van der Waals surface area contributed by atoms with Crippen molar-refractivity contribution in [3.63, 3.8) is 0 Å². The van der Waals surface area contributed by atoms with Crippen LogP contribution in [0.4, 0.5) is 0 Å². The lowest BCUT2D eigenvalue weighted by atomic mass is 10.0. The van der Waals surface area contributed by atoms with Gasteiger partial charge in [-0.1, -0.05) is 0 Å². The first-order chi connectivity index (χ1) is 13.6. The van der Waals surface area contributed by atoms with Gasteiger partial charge in [0.25, 0.3) is 0 Å². The predicted octanol–water partition coefficient (Wildman–Crippen LogP) is -0.662. The zero-order chi connectivity index (χ0) is 19.0. The molecule has 6 heterocycles. The Morgan fingerprint density at radius 1 is 0.643 bits per heavy atom. The van der Waals surface area contributed by atoms with Crippen molar-refractivity contribution in [2.24, 2.45) is 0 Å². The van der Waals surface area contributed by atoms with E-state index in [2.05, 4.69) is 14.0 Å². The predicted molar refractivity (Wildman–Crippen MR) is 109 cm³/mol. The van der Waals surface area contributed by atoms with E-state index in [4.69, 9.17) is 11.8 Å². The third-order valence-corrected chi connectivity index (χ3v) is 11.4. The molecule has 1 aliphatic carbocycles. The Bertz CT molecular complexity index is 825. The smallest absolute Gasteiger partial charge is 0.227 e. The standard InChI is InChI=1S/C12H13N3O2.C6H12N3PS/c16-9-7-8(13-1-2-13)12(17)11(15-5-6-15)10(9)14-3-4-14;11-10(7-1-2-7,8-3-4-8)9-5-6-9/h7H,1-6H2;1-6H2. The van der Waals surface area contributed by atoms with E-state index in [1.165, 1.54) is 45.3 Å². The molecule has 0 N–H and O–H groups in total. The highest BCUT2D eigenvalue weighted by atomic mass is 32.4. The van der Waals surface area contributed by atoms with Gasteiger partial charge in [-0.25, -0.2) is 14.0 Å². The fourth-order valence-electron chi connectivity index (χ4n) is 3.73. The second kappa shape index (κ2) is 6.12. The number of ketones is 2. The van der Waals surface area contributed by atoms with Crippen molar-refractivity contribution in [2.75, 3.05) is 78.5 Å². The molecule has 6 saturated heterocycles. The number of rotatable bonds is 6. The zero-order valence-electron chi connectivity index (χ0n) is 15.9. The first-order valence-corrected chi connectivity index (χ1v) is 12.9. The highest BCUT2D eigenvalue weighted by Crippen LogP contribution is 2.65. The zero-order valence-corrected chi connectivity index (χ0v) is 17.6. The molecule has 0 atom stereocenters. The van der Waals surface area contributed by atoms with Gasteiger partial charge in [0.05, 0.1) is 5.70 Å². The second-order valence-electron chi connectivity index (χ2n) is 8.26. The van der Waals surface area contributed by atoms with Gasteiger partial charge in [0, 0.05) is 84.6 Å². The molecule has 0 unspecified atom stereocenters. The molecular formula is C18H25N6O2PS. The summed E-state index contributed by atoms with van der Waals surface area (Å²) < 4.78 is 7.47. The molecule has 0 aromatic carbocycles. The summed E-state index contributed by atoms with van der Waals surface area (Å²) in [6, 6.07) is 0. The van der Waals surface area contributed by atoms with Crippen molar-refractivity contribution in [3.05, 3.63) is 23.2 Å². The minimum Gasteiger partial charge on any atom is -0.365 e. The van der Waals surface area contributed by atoms with Crippen molar-refractivity contribution < 1.29 is 9.59 Å². The van der Waals surface area contributed by atoms with Gasteiger partial charge < -0.3 is 14.7 Å². The number of hydrogen-bond donors (Lipinski definition) is 0. The summed E-state index contributed by atoms with van der Waals surface area (Å²) in [5.74, 6) is 0.0485. The molecule has 28 heavy (non-hydrogen) atoms. The molecule has 0 aromatic heterocycles. The van der Waals surface area contributed by atoms with E-state index in [1.54, 1.807) is 0 Å². The number of carbonyl (C=O) groups excluding carboxylic acids is 2. The van der Waals surface area contributed by atoms with E-state index in [0.717, 1.165) is 39.3 Å². The molecule has 10 heteroatoms. The van der Waals surface area contributed by atoms with Gasteiger partial charge in [0.2, 0.25) is 11.6 Å². The number of carbonyl (C=O) groups is 2. The van der Waals surface area contributed by atoms with E-state index < -0.39 is 6.49 Å². The van der Waals surface area contributed by atoms with Crippen molar-refractivity contribution in [2.45, 2.75) is 0 Å². The SMILES string of the molecule is O=C1C=C(N2CC2)C(=O)C(N2CC2)=C1N1CC1.S=P(N1CC1)(N1CC1)N1CC1. The maximum absolute atomic E-state index is 12.4. The minimum absolute atomic E-state index is 0.00546. The van der Waals surface area contributed by atoms with Crippen LogP contribution in [0.3, 0.4) is 0 Å². The highest BCUT2D eigenvalue weighted by molar-refractivity contribution is 8.11. The number of allylic oxidation sites excluding steroid dienone is 1. The van der Waals surface area contributed by atoms with Crippen LogP contribution in [0.1, 0.15) is 0 Å². The summed E-state index contributed by atoms with van der Waals surface area (Å²) in [6.45, 7) is 11.7. The van der Waals surface area contributed by atoms with Gasteiger partial charge in [-0.05, 0) is 11.8 Å². The third-order valence-electron chi connectivity index (χ3n) is 5.86. The van der Waals surface area contributed by atoms with Crippen LogP contribution >= 0.6 is 6.49 Å². The summed E-state index contributed by atoms with van der Waals surface area (Å²) >= 11 is 5.75. The van der Waals surface area contributed by atoms with Crippen LogP contribution in [0.25, 0.3) is 0 Å². The van der Waals surface area contributed by atoms with Crippen molar-refractivity contribution in [1.29, 1.82) is 0 Å². The van der Waals surface area contributed by atoms with Gasteiger partial charge in [-0.2, -0.15) is 0 Å². The van der Waals surface area contributed by atoms with Gasteiger partial charge in [0.15, 0.2) is 0 Å². The van der Waals surface area contributed by atoms with Crippen molar-refractivity contribution in [3.8, 4) is 0 Å². The summed E-state index contributed by atoms with van der Waals surface area (Å²) in [5, 5.41) is 0. The van der Waals surface area contributed by atoms with Crippen molar-refractivity contribution >= 4 is 29.9 Å². The van der Waals surface area contributed by atoms with Gasteiger partial charge in [0.1, 0.15) is 17.9 Å². The molecule has 0 aromatic rings. The lowest BCUT2D eigenvalue weighted by Gasteiger charge is -2.25. The Balaban J connectivity index is 0.000000122.